The van der Waals surface area contributed by atoms with Gasteiger partial charge in [-0.05, 0) is 32.1 Å². The van der Waals surface area contributed by atoms with E-state index in [0.29, 0.717) is 5.92 Å². The number of aryl methyl sites for hydroxylation is 1. The van der Waals surface area contributed by atoms with Gasteiger partial charge in [0.05, 0.1) is 16.5 Å². The molecule has 1 aliphatic carbocycles. The van der Waals surface area contributed by atoms with Crippen molar-refractivity contribution in [1.29, 1.82) is 5.26 Å². The summed E-state index contributed by atoms with van der Waals surface area (Å²) in [6.07, 6.45) is 6.15. The standard InChI is InChI=1S/C12H16N2S/c1-9-3-4-12(5-9,8-13)6-11-7-14-10(2)15-11/h7,9H,3-6H2,1-2H3. The Kier molecular flexibility index (Phi) is 2.79. The SMILES string of the molecule is Cc1ncc(CC2(C#N)CCC(C)C2)s1. The van der Waals surface area contributed by atoms with Crippen LogP contribution in [0.3, 0.4) is 0 Å². The molecule has 3 heteroatoms. The first kappa shape index (κ1) is 10.6. The van der Waals surface area contributed by atoms with Gasteiger partial charge in [-0.15, -0.1) is 11.3 Å². The normalized spacial score (nSPS) is 30.3. The smallest absolute Gasteiger partial charge is 0.0896 e. The van der Waals surface area contributed by atoms with Gasteiger partial charge in [0.2, 0.25) is 0 Å². The molecular formula is C12H16N2S. The highest BCUT2D eigenvalue weighted by Crippen LogP contribution is 2.44. The second-order valence-corrected chi connectivity index (χ2v) is 6.08. The van der Waals surface area contributed by atoms with Gasteiger partial charge < -0.3 is 0 Å². The Morgan fingerprint density at radius 1 is 1.73 bits per heavy atom. The van der Waals surface area contributed by atoms with Gasteiger partial charge in [-0.1, -0.05) is 6.92 Å². The molecule has 2 unspecified atom stereocenters. The maximum absolute atomic E-state index is 9.34. The van der Waals surface area contributed by atoms with Gasteiger partial charge in [-0.2, -0.15) is 5.26 Å². The molecule has 2 rings (SSSR count). The molecule has 0 aliphatic heterocycles. The van der Waals surface area contributed by atoms with Crippen molar-refractivity contribution in [2.24, 2.45) is 11.3 Å². The first-order valence-electron chi connectivity index (χ1n) is 5.46. The first-order chi connectivity index (χ1) is 7.13. The van der Waals surface area contributed by atoms with E-state index in [4.69, 9.17) is 0 Å². The number of hydrogen-bond donors (Lipinski definition) is 0. The molecule has 1 aliphatic rings. The highest BCUT2D eigenvalue weighted by Gasteiger charge is 2.38. The monoisotopic (exact) mass is 220 g/mol. The lowest BCUT2D eigenvalue weighted by molar-refractivity contribution is 0.394. The summed E-state index contributed by atoms with van der Waals surface area (Å²) in [7, 11) is 0. The van der Waals surface area contributed by atoms with E-state index < -0.39 is 0 Å². The lowest BCUT2D eigenvalue weighted by Crippen LogP contribution is -2.17. The zero-order valence-corrected chi connectivity index (χ0v) is 10.1. The Bertz CT molecular complexity index is 391. The van der Waals surface area contributed by atoms with Crippen LogP contribution in [-0.2, 0) is 6.42 Å². The summed E-state index contributed by atoms with van der Waals surface area (Å²) in [5.41, 5.74) is -0.0988. The molecule has 1 saturated carbocycles. The van der Waals surface area contributed by atoms with Crippen molar-refractivity contribution in [1.82, 2.24) is 4.98 Å². The molecule has 2 atom stereocenters. The van der Waals surface area contributed by atoms with E-state index in [1.165, 1.54) is 11.3 Å². The first-order valence-corrected chi connectivity index (χ1v) is 6.28. The quantitative estimate of drug-likeness (QED) is 0.766. The molecule has 0 aromatic carbocycles. The van der Waals surface area contributed by atoms with E-state index in [-0.39, 0.29) is 5.41 Å². The molecular weight excluding hydrogens is 204 g/mol. The van der Waals surface area contributed by atoms with Gasteiger partial charge in [0.15, 0.2) is 0 Å². The molecule has 0 radical (unpaired) electrons. The molecule has 80 valence electrons. The Balaban J connectivity index is 2.13. The van der Waals surface area contributed by atoms with Gasteiger partial charge in [0.1, 0.15) is 0 Å². The second kappa shape index (κ2) is 3.94. The fourth-order valence-corrected chi connectivity index (χ4v) is 3.45. The number of aromatic nitrogens is 1. The van der Waals surface area contributed by atoms with Crippen molar-refractivity contribution in [3.05, 3.63) is 16.1 Å². The summed E-state index contributed by atoms with van der Waals surface area (Å²) in [5.74, 6) is 0.707. The van der Waals surface area contributed by atoms with Crippen molar-refractivity contribution in [2.45, 2.75) is 39.5 Å². The van der Waals surface area contributed by atoms with Gasteiger partial charge in [0.25, 0.3) is 0 Å². The highest BCUT2D eigenvalue weighted by molar-refractivity contribution is 7.11. The minimum Gasteiger partial charge on any atom is -0.250 e. The van der Waals surface area contributed by atoms with E-state index in [2.05, 4.69) is 18.0 Å². The number of thiazole rings is 1. The largest absolute Gasteiger partial charge is 0.250 e. The zero-order valence-electron chi connectivity index (χ0n) is 9.29. The van der Waals surface area contributed by atoms with Crippen molar-refractivity contribution >= 4 is 11.3 Å². The number of hydrogen-bond acceptors (Lipinski definition) is 3. The molecule has 1 aromatic heterocycles. The molecule has 1 heterocycles. The van der Waals surface area contributed by atoms with E-state index in [0.717, 1.165) is 24.3 Å². The van der Waals surface area contributed by atoms with Crippen molar-refractivity contribution in [2.75, 3.05) is 0 Å². The minimum absolute atomic E-state index is 0.0988. The van der Waals surface area contributed by atoms with Crippen LogP contribution >= 0.6 is 11.3 Å². The van der Waals surface area contributed by atoms with Crippen LogP contribution in [-0.4, -0.2) is 4.98 Å². The third kappa shape index (κ3) is 2.21. The average Bonchev–Trinajstić information content (AvgIpc) is 2.75. The molecule has 0 N–H and O–H groups in total. The molecule has 0 amide bonds. The van der Waals surface area contributed by atoms with Crippen LogP contribution in [0.4, 0.5) is 0 Å². The van der Waals surface area contributed by atoms with Crippen LogP contribution in [0.1, 0.15) is 36.1 Å². The lowest BCUT2D eigenvalue weighted by Gasteiger charge is -2.19. The maximum Gasteiger partial charge on any atom is 0.0896 e. The molecule has 15 heavy (non-hydrogen) atoms. The van der Waals surface area contributed by atoms with Crippen LogP contribution in [0.2, 0.25) is 0 Å². The summed E-state index contributed by atoms with van der Waals surface area (Å²) in [5, 5.41) is 10.4. The van der Waals surface area contributed by atoms with E-state index in [1.54, 1.807) is 11.3 Å². The van der Waals surface area contributed by atoms with Crippen molar-refractivity contribution in [3.8, 4) is 6.07 Å². The molecule has 0 spiro atoms. The van der Waals surface area contributed by atoms with Gasteiger partial charge in [-0.3, -0.25) is 0 Å². The Labute approximate surface area is 95.0 Å². The fraction of sp³-hybridized carbons (Fsp3) is 0.667. The Morgan fingerprint density at radius 2 is 2.53 bits per heavy atom. The molecule has 0 bridgehead atoms. The highest BCUT2D eigenvalue weighted by atomic mass is 32.1. The Hall–Kier alpha value is -0.880. The van der Waals surface area contributed by atoms with Gasteiger partial charge in [-0.25, -0.2) is 4.98 Å². The summed E-state index contributed by atoms with van der Waals surface area (Å²) >= 11 is 1.73. The number of rotatable bonds is 2. The maximum atomic E-state index is 9.34. The molecule has 2 nitrogen and oxygen atoms in total. The second-order valence-electron chi connectivity index (χ2n) is 4.76. The zero-order chi connectivity index (χ0) is 10.9. The average molecular weight is 220 g/mol. The topological polar surface area (TPSA) is 36.7 Å². The molecule has 1 fully saturated rings. The van der Waals surface area contributed by atoms with Crippen LogP contribution in [0.5, 0.6) is 0 Å². The van der Waals surface area contributed by atoms with Crippen LogP contribution in [0.25, 0.3) is 0 Å². The summed E-state index contributed by atoms with van der Waals surface area (Å²) in [6, 6.07) is 2.54. The fourth-order valence-electron chi connectivity index (χ4n) is 2.52. The minimum atomic E-state index is -0.0988. The molecule has 1 aromatic rings. The summed E-state index contributed by atoms with van der Waals surface area (Å²) in [4.78, 5) is 5.52. The van der Waals surface area contributed by atoms with Crippen LogP contribution in [0, 0.1) is 29.6 Å². The third-order valence-corrected chi connectivity index (χ3v) is 4.19. The number of nitrogens with zero attached hydrogens (tertiary/aromatic N) is 2. The lowest BCUT2D eigenvalue weighted by atomic mass is 9.83. The van der Waals surface area contributed by atoms with Gasteiger partial charge >= 0.3 is 0 Å². The van der Waals surface area contributed by atoms with E-state index >= 15 is 0 Å². The van der Waals surface area contributed by atoms with Gasteiger partial charge in [0, 0.05) is 17.5 Å². The van der Waals surface area contributed by atoms with Crippen molar-refractivity contribution in [3.63, 3.8) is 0 Å². The van der Waals surface area contributed by atoms with E-state index in [1.807, 2.05) is 13.1 Å². The summed E-state index contributed by atoms with van der Waals surface area (Å²) in [6.45, 7) is 4.27. The van der Waals surface area contributed by atoms with Crippen LogP contribution < -0.4 is 0 Å². The Morgan fingerprint density at radius 3 is 3.00 bits per heavy atom. The predicted molar refractivity (Wildman–Crippen MR) is 61.6 cm³/mol. The predicted octanol–water partition coefficient (Wildman–Crippen LogP) is 3.32. The number of nitriles is 1. The van der Waals surface area contributed by atoms with Crippen LogP contribution in [0.15, 0.2) is 6.20 Å². The van der Waals surface area contributed by atoms with Crippen molar-refractivity contribution < 1.29 is 0 Å². The summed E-state index contributed by atoms with van der Waals surface area (Å²) < 4.78 is 0. The third-order valence-electron chi connectivity index (χ3n) is 3.27. The van der Waals surface area contributed by atoms with E-state index in [9.17, 15) is 5.26 Å². The molecule has 0 saturated heterocycles.